The first-order valence-electron chi connectivity index (χ1n) is 6.75. The fourth-order valence-electron chi connectivity index (χ4n) is 2.36. The molecule has 7 nitrogen and oxygen atoms in total. The Morgan fingerprint density at radius 1 is 1.26 bits per heavy atom. The third-order valence-electron chi connectivity index (χ3n) is 3.57. The highest BCUT2D eigenvalue weighted by molar-refractivity contribution is 7.89. The number of aliphatic hydroxyl groups is 1. The first-order valence-corrected chi connectivity index (χ1v) is 8.36. The van der Waals surface area contributed by atoms with Crippen LogP contribution in [-0.2, 0) is 14.8 Å². The molecular weight excluding hydrogens is 270 g/mol. The Morgan fingerprint density at radius 3 is 2.68 bits per heavy atom. The highest BCUT2D eigenvalue weighted by Crippen LogP contribution is 2.10. The van der Waals surface area contributed by atoms with Gasteiger partial charge >= 0.3 is 0 Å². The Morgan fingerprint density at radius 2 is 2.00 bits per heavy atom. The van der Waals surface area contributed by atoms with Gasteiger partial charge in [-0.3, -0.25) is 4.90 Å². The first kappa shape index (κ1) is 15.1. The Kier molecular flexibility index (Phi) is 5.55. The first-order chi connectivity index (χ1) is 9.12. The molecule has 0 aliphatic carbocycles. The van der Waals surface area contributed by atoms with Crippen LogP contribution in [0.1, 0.15) is 0 Å². The molecule has 2 aliphatic rings. The van der Waals surface area contributed by atoms with Gasteiger partial charge in [-0.2, -0.15) is 4.31 Å². The average Bonchev–Trinajstić information content (AvgIpc) is 2.46. The second-order valence-electron chi connectivity index (χ2n) is 4.94. The van der Waals surface area contributed by atoms with Gasteiger partial charge in [-0.15, -0.1) is 0 Å². The number of hydrogen-bond donors (Lipinski definition) is 2. The molecule has 2 N–H and O–H groups in total. The zero-order valence-corrected chi connectivity index (χ0v) is 11.9. The molecule has 19 heavy (non-hydrogen) atoms. The molecule has 2 aliphatic heterocycles. The van der Waals surface area contributed by atoms with Crippen molar-refractivity contribution in [3.63, 3.8) is 0 Å². The van der Waals surface area contributed by atoms with Crippen LogP contribution in [-0.4, -0.2) is 93.6 Å². The van der Waals surface area contributed by atoms with E-state index in [9.17, 15) is 8.42 Å². The van der Waals surface area contributed by atoms with Crippen LogP contribution in [0.5, 0.6) is 0 Å². The number of nitrogens with zero attached hydrogens (tertiary/aromatic N) is 2. The van der Waals surface area contributed by atoms with Crippen molar-refractivity contribution in [3.05, 3.63) is 0 Å². The van der Waals surface area contributed by atoms with Crippen molar-refractivity contribution in [1.82, 2.24) is 14.5 Å². The molecule has 112 valence electrons. The molecule has 0 aromatic heterocycles. The van der Waals surface area contributed by atoms with Gasteiger partial charge in [0, 0.05) is 45.8 Å². The number of ether oxygens (including phenoxy) is 1. The second kappa shape index (κ2) is 6.96. The fraction of sp³-hybridized carbons (Fsp3) is 1.00. The Bertz CT molecular complexity index is 370. The normalized spacial score (nSPS) is 27.5. The average molecular weight is 293 g/mol. The number of sulfonamides is 1. The minimum Gasteiger partial charge on any atom is -0.394 e. The summed E-state index contributed by atoms with van der Waals surface area (Å²) in [5, 5.41) is 12.3. The highest BCUT2D eigenvalue weighted by atomic mass is 32.2. The van der Waals surface area contributed by atoms with Crippen molar-refractivity contribution in [2.45, 2.75) is 6.10 Å². The van der Waals surface area contributed by atoms with Crippen LogP contribution in [0, 0.1) is 0 Å². The summed E-state index contributed by atoms with van der Waals surface area (Å²) >= 11 is 0. The summed E-state index contributed by atoms with van der Waals surface area (Å²) in [4.78, 5) is 2.16. The van der Waals surface area contributed by atoms with Crippen molar-refractivity contribution in [1.29, 1.82) is 0 Å². The minimum atomic E-state index is -3.25. The van der Waals surface area contributed by atoms with E-state index >= 15 is 0 Å². The van der Waals surface area contributed by atoms with E-state index in [0.29, 0.717) is 19.7 Å². The van der Waals surface area contributed by atoms with Gasteiger partial charge in [-0.25, -0.2) is 8.42 Å². The predicted molar refractivity (Wildman–Crippen MR) is 71.5 cm³/mol. The lowest BCUT2D eigenvalue weighted by Crippen LogP contribution is -2.50. The zero-order chi connectivity index (χ0) is 13.7. The van der Waals surface area contributed by atoms with Gasteiger partial charge in [0.2, 0.25) is 10.0 Å². The topological polar surface area (TPSA) is 82.1 Å². The van der Waals surface area contributed by atoms with Crippen molar-refractivity contribution in [2.24, 2.45) is 0 Å². The number of nitrogens with one attached hydrogen (secondary N) is 1. The van der Waals surface area contributed by atoms with E-state index < -0.39 is 10.0 Å². The lowest BCUT2D eigenvalue weighted by atomic mass is 10.3. The van der Waals surface area contributed by atoms with Crippen LogP contribution in [0.15, 0.2) is 0 Å². The maximum Gasteiger partial charge on any atom is 0.215 e. The number of morpholine rings is 1. The lowest BCUT2D eigenvalue weighted by Gasteiger charge is -2.32. The van der Waals surface area contributed by atoms with E-state index in [0.717, 1.165) is 26.2 Å². The minimum absolute atomic E-state index is 0.135. The number of aliphatic hydroxyl groups excluding tert-OH is 1. The molecule has 8 heteroatoms. The predicted octanol–water partition coefficient (Wildman–Crippen LogP) is -2.09. The molecule has 2 rings (SSSR count). The molecule has 0 radical (unpaired) electrons. The van der Waals surface area contributed by atoms with Crippen molar-refractivity contribution in [2.75, 3.05) is 64.8 Å². The van der Waals surface area contributed by atoms with Crippen molar-refractivity contribution >= 4 is 10.0 Å². The van der Waals surface area contributed by atoms with Crippen LogP contribution in [0.25, 0.3) is 0 Å². The molecule has 0 aromatic rings. The molecule has 2 heterocycles. The van der Waals surface area contributed by atoms with Gasteiger partial charge < -0.3 is 15.2 Å². The molecule has 2 fully saturated rings. The van der Waals surface area contributed by atoms with Gasteiger partial charge in [0.15, 0.2) is 0 Å². The number of hydrogen-bond acceptors (Lipinski definition) is 6. The van der Waals surface area contributed by atoms with Crippen molar-refractivity contribution in [3.8, 4) is 0 Å². The van der Waals surface area contributed by atoms with Crippen LogP contribution < -0.4 is 5.32 Å². The second-order valence-corrected chi connectivity index (χ2v) is 7.03. The molecule has 1 unspecified atom stereocenters. The monoisotopic (exact) mass is 293 g/mol. The maximum atomic E-state index is 12.2. The molecule has 2 saturated heterocycles. The number of rotatable bonds is 5. The number of piperazine rings is 1. The Labute approximate surface area is 114 Å². The van der Waals surface area contributed by atoms with Gasteiger partial charge in [0.1, 0.15) is 0 Å². The largest absolute Gasteiger partial charge is 0.394 e. The summed E-state index contributed by atoms with van der Waals surface area (Å²) in [6.07, 6.45) is -0.386. The van der Waals surface area contributed by atoms with E-state index in [1.807, 2.05) is 0 Å². The molecule has 0 aromatic carbocycles. The quantitative estimate of drug-likeness (QED) is 0.605. The third-order valence-corrected chi connectivity index (χ3v) is 5.39. The van der Waals surface area contributed by atoms with E-state index in [2.05, 4.69) is 10.2 Å². The van der Waals surface area contributed by atoms with Gasteiger partial charge in [-0.05, 0) is 0 Å². The molecule has 1 atom stereocenters. The standard InChI is InChI=1S/C11H23N3O4S/c15-10-11-9-14(5-7-18-11)19(16,17)8-6-13-3-1-12-2-4-13/h11-12,15H,1-10H2. The van der Waals surface area contributed by atoms with Gasteiger partial charge in [-0.1, -0.05) is 0 Å². The Hall–Kier alpha value is -0.250. The molecule has 0 saturated carbocycles. The fourth-order valence-corrected chi connectivity index (χ4v) is 3.86. The molecule has 0 amide bonds. The lowest BCUT2D eigenvalue weighted by molar-refractivity contribution is -0.0305. The summed E-state index contributed by atoms with van der Waals surface area (Å²) in [6.45, 7) is 5.10. The smallest absolute Gasteiger partial charge is 0.215 e. The SMILES string of the molecule is O=S(=O)(CCN1CCNCC1)N1CCOC(CO)C1. The van der Waals surface area contributed by atoms with Crippen LogP contribution in [0.2, 0.25) is 0 Å². The molecule has 0 bridgehead atoms. The van der Waals surface area contributed by atoms with Crippen LogP contribution in [0.4, 0.5) is 0 Å². The summed E-state index contributed by atoms with van der Waals surface area (Å²) in [6, 6.07) is 0. The highest BCUT2D eigenvalue weighted by Gasteiger charge is 2.29. The molecular formula is C11H23N3O4S. The summed E-state index contributed by atoms with van der Waals surface area (Å²) in [5.74, 6) is 0.144. The van der Waals surface area contributed by atoms with E-state index in [1.54, 1.807) is 0 Å². The molecule has 0 spiro atoms. The maximum absolute atomic E-state index is 12.2. The summed E-state index contributed by atoms with van der Waals surface area (Å²) in [7, 11) is -3.25. The summed E-state index contributed by atoms with van der Waals surface area (Å²) < 4.78 is 31.2. The summed E-state index contributed by atoms with van der Waals surface area (Å²) in [5.41, 5.74) is 0. The van der Waals surface area contributed by atoms with Crippen molar-refractivity contribution < 1.29 is 18.3 Å². The van der Waals surface area contributed by atoms with Crippen LogP contribution in [0.3, 0.4) is 0 Å². The van der Waals surface area contributed by atoms with Gasteiger partial charge in [0.25, 0.3) is 0 Å². The van der Waals surface area contributed by atoms with E-state index in [-0.39, 0.29) is 25.0 Å². The third kappa shape index (κ3) is 4.37. The Balaban J connectivity index is 1.83. The van der Waals surface area contributed by atoms with Gasteiger partial charge in [0.05, 0.1) is 25.1 Å². The zero-order valence-electron chi connectivity index (χ0n) is 11.1. The van der Waals surface area contributed by atoms with E-state index in [1.165, 1.54) is 4.31 Å². The van der Waals surface area contributed by atoms with Crippen LogP contribution >= 0.6 is 0 Å². The van der Waals surface area contributed by atoms with E-state index in [4.69, 9.17) is 9.84 Å².